The van der Waals surface area contributed by atoms with E-state index in [0.29, 0.717) is 18.1 Å². The molecule has 2 rings (SSSR count). The molecule has 21 heavy (non-hydrogen) atoms. The van der Waals surface area contributed by atoms with Crippen molar-refractivity contribution in [1.29, 1.82) is 0 Å². The fourth-order valence-corrected chi connectivity index (χ4v) is 3.61. The fourth-order valence-electron chi connectivity index (χ4n) is 3.42. The molecule has 0 aromatic carbocycles. The summed E-state index contributed by atoms with van der Waals surface area (Å²) in [4.78, 5) is 4.79. The van der Waals surface area contributed by atoms with Crippen LogP contribution in [0.4, 0.5) is 0 Å². The second-order valence-electron chi connectivity index (χ2n) is 7.35. The van der Waals surface area contributed by atoms with Crippen molar-refractivity contribution in [2.24, 2.45) is 16.3 Å². The van der Waals surface area contributed by atoms with Gasteiger partial charge in [-0.25, -0.2) is 0 Å². The van der Waals surface area contributed by atoms with E-state index in [4.69, 9.17) is 9.73 Å². The smallest absolute Gasteiger partial charge is 0.191 e. The van der Waals surface area contributed by atoms with Gasteiger partial charge in [0.05, 0.1) is 12.6 Å². The third-order valence-electron chi connectivity index (χ3n) is 4.91. The Morgan fingerprint density at radius 1 is 1.43 bits per heavy atom. The summed E-state index contributed by atoms with van der Waals surface area (Å²) in [5.41, 5.74) is 0.187. The highest BCUT2D eigenvalue weighted by Gasteiger charge is 2.59. The van der Waals surface area contributed by atoms with Crippen molar-refractivity contribution in [3.05, 3.63) is 0 Å². The molecule has 0 aromatic rings. The molecule has 0 radical (unpaired) electrons. The van der Waals surface area contributed by atoms with E-state index in [1.165, 1.54) is 6.42 Å². The number of hydrogen-bond donors (Lipinski definition) is 2. The molecule has 2 N–H and O–H groups in total. The first-order chi connectivity index (χ1) is 9.81. The quantitative estimate of drug-likeness (QED) is 0.605. The van der Waals surface area contributed by atoms with E-state index >= 15 is 0 Å². The van der Waals surface area contributed by atoms with Gasteiger partial charge in [-0.1, -0.05) is 13.8 Å². The Bertz CT molecular complexity index is 395. The fraction of sp³-hybridized carbons (Fsp3) is 0.938. The maximum atomic E-state index is 5.87. The van der Waals surface area contributed by atoms with Crippen molar-refractivity contribution < 1.29 is 4.74 Å². The van der Waals surface area contributed by atoms with Gasteiger partial charge in [0.25, 0.3) is 0 Å². The van der Waals surface area contributed by atoms with Crippen LogP contribution in [0.1, 0.15) is 41.0 Å². The van der Waals surface area contributed by atoms with Crippen LogP contribution in [-0.2, 0) is 4.74 Å². The highest BCUT2D eigenvalue weighted by atomic mass is 32.2. The molecule has 1 saturated carbocycles. The number of guanidine groups is 1. The number of rotatable bonds is 5. The first kappa shape index (κ1) is 16.9. The van der Waals surface area contributed by atoms with Gasteiger partial charge in [-0.3, -0.25) is 4.99 Å². The molecule has 0 amide bonds. The molecule has 2 aliphatic rings. The maximum absolute atomic E-state index is 5.87. The summed E-state index contributed by atoms with van der Waals surface area (Å²) in [6, 6.07) is 0.459. The lowest BCUT2D eigenvalue weighted by molar-refractivity contribution is -0.106. The molecule has 0 bridgehead atoms. The zero-order valence-electron chi connectivity index (χ0n) is 14.3. The van der Waals surface area contributed by atoms with Crippen molar-refractivity contribution in [2.75, 3.05) is 26.0 Å². The SMILES string of the molecule is CCNC(=NCC(C)(C)SC)NC1C2CCOC2C1(C)C. The zero-order chi connectivity index (χ0) is 15.7. The summed E-state index contributed by atoms with van der Waals surface area (Å²) >= 11 is 1.86. The largest absolute Gasteiger partial charge is 0.377 e. The van der Waals surface area contributed by atoms with Crippen LogP contribution in [0.3, 0.4) is 0 Å². The van der Waals surface area contributed by atoms with Gasteiger partial charge in [-0.15, -0.1) is 0 Å². The lowest BCUT2D eigenvalue weighted by Crippen LogP contribution is -2.68. The van der Waals surface area contributed by atoms with Crippen LogP contribution >= 0.6 is 11.8 Å². The van der Waals surface area contributed by atoms with Crippen molar-refractivity contribution in [3.8, 4) is 0 Å². The third kappa shape index (κ3) is 3.50. The number of hydrogen-bond acceptors (Lipinski definition) is 3. The Labute approximate surface area is 133 Å². The number of aliphatic imine (C=N–C) groups is 1. The highest BCUT2D eigenvalue weighted by molar-refractivity contribution is 7.99. The third-order valence-corrected chi connectivity index (χ3v) is 6.14. The van der Waals surface area contributed by atoms with E-state index in [9.17, 15) is 0 Å². The molecule has 0 spiro atoms. The molecular weight excluding hydrogens is 282 g/mol. The van der Waals surface area contributed by atoms with E-state index in [0.717, 1.165) is 25.7 Å². The zero-order valence-corrected chi connectivity index (χ0v) is 15.1. The predicted octanol–water partition coefficient (Wildman–Crippen LogP) is 2.50. The van der Waals surface area contributed by atoms with E-state index in [1.807, 2.05) is 11.8 Å². The van der Waals surface area contributed by atoms with E-state index in [1.54, 1.807) is 0 Å². The van der Waals surface area contributed by atoms with Gasteiger partial charge in [-0.05, 0) is 33.4 Å². The summed E-state index contributed by atoms with van der Waals surface area (Å²) in [5.74, 6) is 1.58. The molecule has 1 aliphatic heterocycles. The molecule has 122 valence electrons. The highest BCUT2D eigenvalue weighted by Crippen LogP contribution is 2.52. The van der Waals surface area contributed by atoms with E-state index in [-0.39, 0.29) is 10.2 Å². The summed E-state index contributed by atoms with van der Waals surface area (Å²) in [6.07, 6.45) is 3.73. The van der Waals surface area contributed by atoms with Crippen LogP contribution in [-0.4, -0.2) is 48.8 Å². The second-order valence-corrected chi connectivity index (χ2v) is 8.86. The molecule has 3 atom stereocenters. The van der Waals surface area contributed by atoms with Gasteiger partial charge in [-0.2, -0.15) is 11.8 Å². The van der Waals surface area contributed by atoms with Gasteiger partial charge in [0.15, 0.2) is 5.96 Å². The van der Waals surface area contributed by atoms with Crippen LogP contribution in [0.15, 0.2) is 4.99 Å². The van der Waals surface area contributed by atoms with Crippen LogP contribution in [0, 0.1) is 11.3 Å². The molecule has 1 aliphatic carbocycles. The summed E-state index contributed by atoms with van der Waals surface area (Å²) in [5, 5.41) is 7.05. The van der Waals surface area contributed by atoms with Crippen molar-refractivity contribution in [1.82, 2.24) is 10.6 Å². The monoisotopic (exact) mass is 313 g/mol. The molecule has 2 fully saturated rings. The van der Waals surface area contributed by atoms with Crippen LogP contribution in [0.25, 0.3) is 0 Å². The summed E-state index contributed by atoms with van der Waals surface area (Å²) in [6.45, 7) is 13.8. The Balaban J connectivity index is 2.01. The number of ether oxygens (including phenoxy) is 1. The Kier molecular flexibility index (Phi) is 5.14. The Hall–Kier alpha value is -0.420. The van der Waals surface area contributed by atoms with Gasteiger partial charge >= 0.3 is 0 Å². The first-order valence-electron chi connectivity index (χ1n) is 8.03. The molecule has 1 saturated heterocycles. The molecule has 0 aromatic heterocycles. The lowest BCUT2D eigenvalue weighted by Gasteiger charge is -2.55. The van der Waals surface area contributed by atoms with Crippen LogP contribution in [0.5, 0.6) is 0 Å². The first-order valence-corrected chi connectivity index (χ1v) is 9.26. The minimum atomic E-state index is 0.177. The summed E-state index contributed by atoms with van der Waals surface area (Å²) < 4.78 is 6.04. The molecule has 5 heteroatoms. The normalized spacial score (nSPS) is 31.5. The topological polar surface area (TPSA) is 45.7 Å². The standard InChI is InChI=1S/C16H31N3OS/c1-7-17-14(18-10-15(2,3)21-6)19-12-11-8-9-20-13(11)16(12,4)5/h11-13H,7-10H2,1-6H3,(H2,17,18,19). The second kappa shape index (κ2) is 6.37. The average molecular weight is 314 g/mol. The van der Waals surface area contributed by atoms with Gasteiger partial charge in [0.1, 0.15) is 0 Å². The van der Waals surface area contributed by atoms with E-state index < -0.39 is 0 Å². The van der Waals surface area contributed by atoms with Crippen LogP contribution < -0.4 is 10.6 Å². The van der Waals surface area contributed by atoms with Crippen molar-refractivity contribution >= 4 is 17.7 Å². The Morgan fingerprint density at radius 3 is 2.76 bits per heavy atom. The van der Waals surface area contributed by atoms with Gasteiger partial charge in [0.2, 0.25) is 0 Å². The molecule has 1 heterocycles. The van der Waals surface area contributed by atoms with Gasteiger partial charge in [0, 0.05) is 35.3 Å². The number of fused-ring (bicyclic) bond motifs is 1. The summed E-state index contributed by atoms with van der Waals surface area (Å²) in [7, 11) is 0. The lowest BCUT2D eigenvalue weighted by atomic mass is 9.57. The van der Waals surface area contributed by atoms with Crippen LogP contribution in [0.2, 0.25) is 0 Å². The minimum absolute atomic E-state index is 0.177. The minimum Gasteiger partial charge on any atom is -0.377 e. The molecular formula is C16H31N3OS. The maximum Gasteiger partial charge on any atom is 0.191 e. The van der Waals surface area contributed by atoms with E-state index in [2.05, 4.69) is 51.5 Å². The predicted molar refractivity (Wildman–Crippen MR) is 92.1 cm³/mol. The number of nitrogens with zero attached hydrogens (tertiary/aromatic N) is 1. The van der Waals surface area contributed by atoms with Crippen molar-refractivity contribution in [2.45, 2.75) is 57.9 Å². The average Bonchev–Trinajstić information content (AvgIpc) is 2.88. The molecule has 3 unspecified atom stereocenters. The molecule has 4 nitrogen and oxygen atoms in total. The number of nitrogens with one attached hydrogen (secondary N) is 2. The number of thioether (sulfide) groups is 1. The van der Waals surface area contributed by atoms with Gasteiger partial charge < -0.3 is 15.4 Å². The Morgan fingerprint density at radius 2 is 2.14 bits per heavy atom. The van der Waals surface area contributed by atoms with Crippen molar-refractivity contribution in [3.63, 3.8) is 0 Å².